The summed E-state index contributed by atoms with van der Waals surface area (Å²) in [6.07, 6.45) is 3.44. The molecule has 2 aromatic carbocycles. The van der Waals surface area contributed by atoms with Crippen molar-refractivity contribution in [1.29, 1.82) is 0 Å². The molecule has 0 radical (unpaired) electrons. The maximum atomic E-state index is 12.3. The molecule has 1 aliphatic rings. The smallest absolute Gasteiger partial charge is 0.234 e. The van der Waals surface area contributed by atoms with Crippen LogP contribution >= 0.6 is 11.8 Å². The molecule has 28 heavy (non-hydrogen) atoms. The molecule has 7 heteroatoms. The maximum absolute atomic E-state index is 12.3. The number of nitrogens with one attached hydrogen (secondary N) is 2. The summed E-state index contributed by atoms with van der Waals surface area (Å²) in [5, 5.41) is 11.9. The second-order valence-corrected chi connectivity index (χ2v) is 7.57. The molecule has 0 saturated heterocycles. The topological polar surface area (TPSA) is 79.9 Å². The number of aromatic amines is 1. The number of carbonyl (C=O) groups is 1. The van der Waals surface area contributed by atoms with Gasteiger partial charge in [-0.25, -0.2) is 0 Å². The molecule has 0 fully saturated rings. The lowest BCUT2D eigenvalue weighted by Crippen LogP contribution is -2.14. The van der Waals surface area contributed by atoms with Crippen molar-refractivity contribution in [1.82, 2.24) is 15.2 Å². The van der Waals surface area contributed by atoms with Crippen LogP contribution in [0.2, 0.25) is 0 Å². The van der Waals surface area contributed by atoms with Gasteiger partial charge in [0.1, 0.15) is 5.75 Å². The fraction of sp³-hybridized carbons (Fsp3) is 0.286. The Kier molecular flexibility index (Phi) is 5.62. The monoisotopic (exact) mass is 394 g/mol. The summed E-state index contributed by atoms with van der Waals surface area (Å²) in [6, 6.07) is 13.8. The minimum Gasteiger partial charge on any atom is -0.494 e. The Balaban J connectivity index is 1.32. The van der Waals surface area contributed by atoms with Crippen LogP contribution in [0.5, 0.6) is 5.75 Å². The van der Waals surface area contributed by atoms with Crippen LogP contribution in [0, 0.1) is 0 Å². The summed E-state index contributed by atoms with van der Waals surface area (Å²) in [4.78, 5) is 15.4. The number of nitrogens with zero attached hydrogens (tertiary/aromatic N) is 2. The number of thioether (sulfide) groups is 1. The molecule has 0 unspecified atom stereocenters. The number of anilines is 1. The Labute approximate surface area is 168 Å². The van der Waals surface area contributed by atoms with Crippen molar-refractivity contribution in [3.63, 3.8) is 0 Å². The first-order valence-corrected chi connectivity index (χ1v) is 10.4. The van der Waals surface area contributed by atoms with E-state index in [0.717, 1.165) is 29.8 Å². The van der Waals surface area contributed by atoms with Gasteiger partial charge in [0, 0.05) is 11.3 Å². The molecule has 0 spiro atoms. The van der Waals surface area contributed by atoms with Crippen LogP contribution < -0.4 is 10.1 Å². The largest absolute Gasteiger partial charge is 0.494 e. The van der Waals surface area contributed by atoms with Crippen LogP contribution in [-0.4, -0.2) is 33.4 Å². The number of hydrogen-bond acceptors (Lipinski definition) is 5. The predicted octanol–water partition coefficient (Wildman–Crippen LogP) is 4.09. The Morgan fingerprint density at radius 3 is 2.79 bits per heavy atom. The van der Waals surface area contributed by atoms with Crippen molar-refractivity contribution in [3.05, 3.63) is 53.6 Å². The van der Waals surface area contributed by atoms with Gasteiger partial charge >= 0.3 is 0 Å². The maximum Gasteiger partial charge on any atom is 0.234 e. The van der Waals surface area contributed by atoms with E-state index >= 15 is 0 Å². The second-order valence-electron chi connectivity index (χ2n) is 6.61. The highest BCUT2D eigenvalue weighted by atomic mass is 32.2. The number of aryl methyl sites for hydroxylation is 2. The molecule has 4 rings (SSSR count). The molecule has 0 atom stereocenters. The SMILES string of the molecule is CCOc1ccc(-c2nnc(SCC(=O)Nc3ccc4c(c3)CCC4)[nH]2)cc1. The van der Waals surface area contributed by atoms with Crippen LogP contribution in [0.3, 0.4) is 0 Å². The van der Waals surface area contributed by atoms with Gasteiger partial charge < -0.3 is 15.0 Å². The minimum absolute atomic E-state index is 0.0537. The molecule has 0 saturated carbocycles. The fourth-order valence-electron chi connectivity index (χ4n) is 3.30. The van der Waals surface area contributed by atoms with Crippen molar-refractivity contribution in [2.24, 2.45) is 0 Å². The number of carbonyl (C=O) groups excluding carboxylic acids is 1. The number of amides is 1. The fourth-order valence-corrected chi connectivity index (χ4v) is 3.91. The Hall–Kier alpha value is -2.80. The van der Waals surface area contributed by atoms with Gasteiger partial charge in [0.05, 0.1) is 12.4 Å². The molecule has 0 aliphatic heterocycles. The van der Waals surface area contributed by atoms with E-state index in [1.165, 1.54) is 29.3 Å². The van der Waals surface area contributed by atoms with Gasteiger partial charge in [-0.2, -0.15) is 0 Å². The van der Waals surface area contributed by atoms with Gasteiger partial charge in [0.15, 0.2) is 11.0 Å². The standard InChI is InChI=1S/C21H22N4O2S/c1-2-27-18-10-7-15(8-11-18)20-23-21(25-24-20)28-13-19(26)22-17-9-6-14-4-3-5-16(14)12-17/h6-12H,2-5,13H2,1H3,(H,22,26)(H,23,24,25). The number of aromatic nitrogens is 3. The summed E-state index contributed by atoms with van der Waals surface area (Å²) >= 11 is 1.33. The van der Waals surface area contributed by atoms with Crippen LogP contribution in [0.1, 0.15) is 24.5 Å². The summed E-state index contributed by atoms with van der Waals surface area (Å²) in [7, 11) is 0. The van der Waals surface area contributed by atoms with Gasteiger partial charge in [0.2, 0.25) is 5.91 Å². The van der Waals surface area contributed by atoms with Crippen molar-refractivity contribution < 1.29 is 9.53 Å². The van der Waals surface area contributed by atoms with Gasteiger partial charge in [-0.05, 0) is 73.7 Å². The molecule has 1 aliphatic carbocycles. The van der Waals surface area contributed by atoms with E-state index in [1.54, 1.807) is 0 Å². The van der Waals surface area contributed by atoms with Crippen LogP contribution in [0.25, 0.3) is 11.4 Å². The van der Waals surface area contributed by atoms with Crippen LogP contribution in [0.15, 0.2) is 47.6 Å². The van der Waals surface area contributed by atoms with E-state index in [9.17, 15) is 4.79 Å². The number of hydrogen-bond donors (Lipinski definition) is 2. The molecule has 144 valence electrons. The molecule has 0 bridgehead atoms. The molecule has 2 N–H and O–H groups in total. The van der Waals surface area contributed by atoms with Gasteiger partial charge in [-0.15, -0.1) is 10.2 Å². The van der Waals surface area contributed by atoms with Crippen LogP contribution in [-0.2, 0) is 17.6 Å². The third kappa shape index (κ3) is 4.36. The number of rotatable bonds is 7. The molecular weight excluding hydrogens is 372 g/mol. The van der Waals surface area contributed by atoms with Crippen molar-refractivity contribution in [3.8, 4) is 17.1 Å². The van der Waals surface area contributed by atoms with Crippen molar-refractivity contribution >= 4 is 23.4 Å². The Morgan fingerprint density at radius 2 is 1.96 bits per heavy atom. The first-order chi connectivity index (χ1) is 13.7. The van der Waals surface area contributed by atoms with Crippen LogP contribution in [0.4, 0.5) is 5.69 Å². The first kappa shape index (κ1) is 18.6. The lowest BCUT2D eigenvalue weighted by molar-refractivity contribution is -0.113. The van der Waals surface area contributed by atoms with Crippen molar-refractivity contribution in [2.75, 3.05) is 17.7 Å². The van der Waals surface area contributed by atoms with Gasteiger partial charge in [-0.3, -0.25) is 4.79 Å². The molecule has 1 aromatic heterocycles. The van der Waals surface area contributed by atoms with E-state index in [-0.39, 0.29) is 11.7 Å². The second kappa shape index (κ2) is 8.48. The number of fused-ring (bicyclic) bond motifs is 1. The quantitative estimate of drug-likeness (QED) is 0.590. The molecule has 1 amide bonds. The Morgan fingerprint density at radius 1 is 1.14 bits per heavy atom. The van der Waals surface area contributed by atoms with E-state index in [4.69, 9.17) is 4.74 Å². The molecule has 3 aromatic rings. The lowest BCUT2D eigenvalue weighted by atomic mass is 10.1. The highest BCUT2D eigenvalue weighted by molar-refractivity contribution is 7.99. The molecular formula is C21H22N4O2S. The van der Waals surface area contributed by atoms with E-state index in [1.807, 2.05) is 37.3 Å². The normalized spacial score (nSPS) is 12.6. The third-order valence-corrected chi connectivity index (χ3v) is 5.49. The van der Waals surface area contributed by atoms with E-state index in [2.05, 4.69) is 32.6 Å². The zero-order valence-electron chi connectivity index (χ0n) is 15.7. The summed E-state index contributed by atoms with van der Waals surface area (Å²) in [5.74, 6) is 1.71. The lowest BCUT2D eigenvalue weighted by Gasteiger charge is -2.06. The average molecular weight is 395 g/mol. The summed E-state index contributed by atoms with van der Waals surface area (Å²) in [5.41, 5.74) is 4.53. The highest BCUT2D eigenvalue weighted by Crippen LogP contribution is 2.25. The Bertz CT molecular complexity index is 969. The zero-order chi connectivity index (χ0) is 19.3. The third-order valence-electron chi connectivity index (χ3n) is 4.63. The van der Waals surface area contributed by atoms with E-state index < -0.39 is 0 Å². The van der Waals surface area contributed by atoms with E-state index in [0.29, 0.717) is 17.6 Å². The highest BCUT2D eigenvalue weighted by Gasteiger charge is 2.13. The van der Waals surface area contributed by atoms with Gasteiger partial charge in [0.25, 0.3) is 0 Å². The molecule has 1 heterocycles. The number of ether oxygens (including phenoxy) is 1. The summed E-state index contributed by atoms with van der Waals surface area (Å²) < 4.78 is 5.45. The number of H-pyrrole nitrogens is 1. The first-order valence-electron chi connectivity index (χ1n) is 9.41. The average Bonchev–Trinajstić information content (AvgIpc) is 3.36. The number of benzene rings is 2. The van der Waals surface area contributed by atoms with Gasteiger partial charge in [-0.1, -0.05) is 17.8 Å². The minimum atomic E-state index is -0.0537. The summed E-state index contributed by atoms with van der Waals surface area (Å²) in [6.45, 7) is 2.59. The van der Waals surface area contributed by atoms with Crippen molar-refractivity contribution in [2.45, 2.75) is 31.3 Å². The predicted molar refractivity (Wildman–Crippen MR) is 111 cm³/mol. The zero-order valence-corrected chi connectivity index (χ0v) is 16.5. The molecule has 6 nitrogen and oxygen atoms in total.